The second kappa shape index (κ2) is 7.75. The predicted molar refractivity (Wildman–Crippen MR) is 90.3 cm³/mol. The maximum Gasteiger partial charge on any atom is 0.124 e. The van der Waals surface area contributed by atoms with Crippen molar-refractivity contribution in [1.82, 2.24) is 0 Å². The molecule has 0 saturated heterocycles. The number of halogens is 1. The summed E-state index contributed by atoms with van der Waals surface area (Å²) in [5.41, 5.74) is 3.45. The lowest BCUT2D eigenvalue weighted by Crippen LogP contribution is -2.03. The minimum atomic E-state index is 0.486. The van der Waals surface area contributed by atoms with E-state index < -0.39 is 0 Å². The highest BCUT2D eigenvalue weighted by Gasteiger charge is 2.04. The van der Waals surface area contributed by atoms with Crippen LogP contribution in [0, 0.1) is 0 Å². The largest absolute Gasteiger partial charge is 0.489 e. The maximum atomic E-state index is 6.07. The van der Waals surface area contributed by atoms with E-state index in [9.17, 15) is 0 Å². The summed E-state index contributed by atoms with van der Waals surface area (Å²) in [6.45, 7) is 6.97. The molecule has 1 N–H and O–H groups in total. The van der Waals surface area contributed by atoms with Gasteiger partial charge in [0.25, 0.3) is 0 Å². The van der Waals surface area contributed by atoms with Crippen LogP contribution in [0.5, 0.6) is 5.75 Å². The number of rotatable bonds is 7. The van der Waals surface area contributed by atoms with E-state index >= 15 is 0 Å². The summed E-state index contributed by atoms with van der Waals surface area (Å²) < 4.78 is 5.65. The molecule has 0 aliphatic heterocycles. The molecule has 2 nitrogen and oxygen atoms in total. The molecule has 3 heteroatoms. The summed E-state index contributed by atoms with van der Waals surface area (Å²) in [4.78, 5) is 0. The number of hydrogen-bond acceptors (Lipinski definition) is 2. The van der Waals surface area contributed by atoms with Gasteiger partial charge in [-0.2, -0.15) is 0 Å². The summed E-state index contributed by atoms with van der Waals surface area (Å²) in [6, 6.07) is 14.1. The fraction of sp³-hybridized carbons (Fsp3) is 0.222. The van der Waals surface area contributed by atoms with Crippen molar-refractivity contribution < 1.29 is 4.74 Å². The normalized spacial score (nSPS) is 10.2. The molecule has 0 aliphatic rings. The van der Waals surface area contributed by atoms with Crippen LogP contribution in [0.15, 0.2) is 55.1 Å². The van der Waals surface area contributed by atoms with Crippen LogP contribution in [-0.4, -0.2) is 6.61 Å². The Kier molecular flexibility index (Phi) is 5.70. The average Bonchev–Trinajstić information content (AvgIpc) is 2.52. The number of nitrogens with one attached hydrogen (secondary N) is 1. The van der Waals surface area contributed by atoms with Crippen molar-refractivity contribution in [2.24, 2.45) is 0 Å². The lowest BCUT2D eigenvalue weighted by atomic mass is 10.1. The molecule has 0 heterocycles. The quantitative estimate of drug-likeness (QED) is 0.720. The minimum Gasteiger partial charge on any atom is -0.489 e. The van der Waals surface area contributed by atoms with Gasteiger partial charge in [-0.1, -0.05) is 43.3 Å². The molecule has 110 valence electrons. The Morgan fingerprint density at radius 3 is 2.62 bits per heavy atom. The molecule has 0 aliphatic carbocycles. The van der Waals surface area contributed by atoms with Gasteiger partial charge < -0.3 is 10.1 Å². The number of benzene rings is 2. The second-order valence-electron chi connectivity index (χ2n) is 4.76. The number of hydrogen-bond donors (Lipinski definition) is 1. The molecule has 0 saturated carbocycles. The summed E-state index contributed by atoms with van der Waals surface area (Å²) in [7, 11) is 0. The molecule has 21 heavy (non-hydrogen) atoms. The number of anilines is 1. The molecule has 0 bridgehead atoms. The first kappa shape index (κ1) is 15.5. The van der Waals surface area contributed by atoms with Crippen molar-refractivity contribution in [3.05, 3.63) is 71.3 Å². The Morgan fingerprint density at radius 2 is 1.95 bits per heavy atom. The van der Waals surface area contributed by atoms with Crippen molar-refractivity contribution in [3.8, 4) is 5.75 Å². The first-order chi connectivity index (χ1) is 10.2. The second-order valence-corrected chi connectivity index (χ2v) is 5.19. The van der Waals surface area contributed by atoms with Crippen LogP contribution in [0.25, 0.3) is 0 Å². The topological polar surface area (TPSA) is 21.3 Å². The van der Waals surface area contributed by atoms with Gasteiger partial charge in [0, 0.05) is 22.8 Å². The molecule has 0 spiro atoms. The summed E-state index contributed by atoms with van der Waals surface area (Å²) in [5, 5.41) is 4.10. The van der Waals surface area contributed by atoms with E-state index in [1.807, 2.05) is 18.2 Å². The third-order valence-corrected chi connectivity index (χ3v) is 3.46. The zero-order chi connectivity index (χ0) is 15.1. The van der Waals surface area contributed by atoms with Gasteiger partial charge in [-0.05, 0) is 42.3 Å². The lowest BCUT2D eigenvalue weighted by molar-refractivity contribution is 0.359. The molecule has 0 unspecified atom stereocenters. The van der Waals surface area contributed by atoms with Crippen LogP contribution in [0.3, 0.4) is 0 Å². The first-order valence-corrected chi connectivity index (χ1v) is 7.45. The Labute approximate surface area is 131 Å². The molecule has 0 amide bonds. The van der Waals surface area contributed by atoms with Crippen LogP contribution in [0.4, 0.5) is 5.69 Å². The van der Waals surface area contributed by atoms with Gasteiger partial charge in [-0.3, -0.25) is 0 Å². The highest BCUT2D eigenvalue weighted by Crippen LogP contribution is 2.24. The molecule has 0 fully saturated rings. The Morgan fingerprint density at radius 1 is 1.19 bits per heavy atom. The fourth-order valence-electron chi connectivity index (χ4n) is 2.03. The van der Waals surface area contributed by atoms with E-state index in [2.05, 4.69) is 43.1 Å². The summed E-state index contributed by atoms with van der Waals surface area (Å²) >= 11 is 6.07. The molecule has 0 aromatic heterocycles. The molecule has 2 rings (SSSR count). The first-order valence-electron chi connectivity index (χ1n) is 7.08. The molecule has 2 aromatic carbocycles. The lowest BCUT2D eigenvalue weighted by Gasteiger charge is -2.12. The molecule has 0 radical (unpaired) electrons. The molecule has 2 aromatic rings. The number of aryl methyl sites for hydroxylation is 1. The van der Waals surface area contributed by atoms with Gasteiger partial charge in [-0.15, -0.1) is 0 Å². The molecule has 0 atom stereocenters. The number of ether oxygens (including phenoxy) is 1. The van der Waals surface area contributed by atoms with Gasteiger partial charge in [-0.25, -0.2) is 0 Å². The zero-order valence-electron chi connectivity index (χ0n) is 12.2. The van der Waals surface area contributed by atoms with Crippen molar-refractivity contribution >= 4 is 17.3 Å². The zero-order valence-corrected chi connectivity index (χ0v) is 13.0. The van der Waals surface area contributed by atoms with Crippen molar-refractivity contribution in [2.75, 3.05) is 11.9 Å². The maximum absolute atomic E-state index is 6.07. The van der Waals surface area contributed by atoms with E-state index in [0.29, 0.717) is 18.2 Å². The van der Waals surface area contributed by atoms with E-state index in [4.69, 9.17) is 16.3 Å². The molecular weight excluding hydrogens is 282 g/mol. The van der Waals surface area contributed by atoms with E-state index in [0.717, 1.165) is 23.4 Å². The van der Waals surface area contributed by atoms with Crippen molar-refractivity contribution in [1.29, 1.82) is 0 Å². The standard InChI is InChI=1S/C18H20ClNO/c1-3-11-21-18-10-7-16(19)12-15(18)13-20-17-8-5-14(4-2)6-9-17/h3,5-10,12,20H,1,4,11,13H2,2H3. The average molecular weight is 302 g/mol. The predicted octanol–water partition coefficient (Wildman–Crippen LogP) is 5.08. The van der Waals surface area contributed by atoms with Gasteiger partial charge in [0.2, 0.25) is 0 Å². The highest BCUT2D eigenvalue weighted by atomic mass is 35.5. The van der Waals surface area contributed by atoms with Crippen LogP contribution in [0.2, 0.25) is 5.02 Å². The van der Waals surface area contributed by atoms with Crippen molar-refractivity contribution in [2.45, 2.75) is 19.9 Å². The SMILES string of the molecule is C=CCOc1ccc(Cl)cc1CNc1ccc(CC)cc1. The Hall–Kier alpha value is -1.93. The van der Waals surface area contributed by atoms with Crippen LogP contribution in [-0.2, 0) is 13.0 Å². The van der Waals surface area contributed by atoms with Crippen LogP contribution in [0.1, 0.15) is 18.1 Å². The smallest absolute Gasteiger partial charge is 0.124 e. The Balaban J connectivity index is 2.06. The van der Waals surface area contributed by atoms with Gasteiger partial charge in [0.05, 0.1) is 0 Å². The van der Waals surface area contributed by atoms with E-state index in [-0.39, 0.29) is 0 Å². The van der Waals surface area contributed by atoms with Gasteiger partial charge in [0.15, 0.2) is 0 Å². The van der Waals surface area contributed by atoms with Crippen LogP contribution >= 0.6 is 11.6 Å². The third kappa shape index (κ3) is 4.54. The van der Waals surface area contributed by atoms with Crippen LogP contribution < -0.4 is 10.1 Å². The monoisotopic (exact) mass is 301 g/mol. The summed E-state index contributed by atoms with van der Waals surface area (Å²) in [6.07, 6.45) is 2.78. The molecular formula is C18H20ClNO. The summed E-state index contributed by atoms with van der Waals surface area (Å²) in [5.74, 6) is 0.831. The van der Waals surface area contributed by atoms with Gasteiger partial charge >= 0.3 is 0 Å². The van der Waals surface area contributed by atoms with Gasteiger partial charge in [0.1, 0.15) is 12.4 Å². The Bertz CT molecular complexity index is 593. The third-order valence-electron chi connectivity index (χ3n) is 3.22. The van der Waals surface area contributed by atoms with Crippen molar-refractivity contribution in [3.63, 3.8) is 0 Å². The van der Waals surface area contributed by atoms with E-state index in [1.54, 1.807) is 6.08 Å². The van der Waals surface area contributed by atoms with E-state index in [1.165, 1.54) is 5.56 Å². The minimum absolute atomic E-state index is 0.486. The highest BCUT2D eigenvalue weighted by molar-refractivity contribution is 6.30. The fourth-order valence-corrected chi connectivity index (χ4v) is 2.23.